The molecule has 2 heterocycles. The Kier molecular flexibility index (Phi) is 2.71. The van der Waals surface area contributed by atoms with Gasteiger partial charge in [-0.05, 0) is 6.42 Å². The van der Waals surface area contributed by atoms with Gasteiger partial charge >= 0.3 is 6.18 Å². The first-order chi connectivity index (χ1) is 7.47. The molecule has 4 nitrogen and oxygen atoms in total. The van der Waals surface area contributed by atoms with E-state index in [0.29, 0.717) is 13.1 Å². The summed E-state index contributed by atoms with van der Waals surface area (Å²) in [5.74, 6) is 0.239. The van der Waals surface area contributed by atoms with Crippen molar-refractivity contribution in [1.82, 2.24) is 9.97 Å². The van der Waals surface area contributed by atoms with Crippen molar-refractivity contribution < 1.29 is 13.2 Å². The molecule has 0 radical (unpaired) electrons. The summed E-state index contributed by atoms with van der Waals surface area (Å²) >= 11 is 0. The number of anilines is 1. The van der Waals surface area contributed by atoms with Crippen LogP contribution in [0, 0.1) is 0 Å². The van der Waals surface area contributed by atoms with Gasteiger partial charge in [-0.25, -0.2) is 4.98 Å². The summed E-state index contributed by atoms with van der Waals surface area (Å²) in [5.41, 5.74) is 4.71. The second kappa shape index (κ2) is 3.89. The first-order valence-electron chi connectivity index (χ1n) is 4.86. The minimum absolute atomic E-state index is 0.00339. The Morgan fingerprint density at radius 3 is 2.69 bits per heavy atom. The molecule has 1 saturated heterocycles. The topological polar surface area (TPSA) is 55.0 Å². The summed E-state index contributed by atoms with van der Waals surface area (Å²) in [4.78, 5) is 8.81. The zero-order chi connectivity index (χ0) is 11.8. The van der Waals surface area contributed by atoms with E-state index < -0.39 is 11.9 Å². The minimum atomic E-state index is -4.45. The number of nitrogens with two attached hydrogens (primary N) is 1. The Hall–Kier alpha value is -1.37. The highest BCUT2D eigenvalue weighted by molar-refractivity contribution is 5.38. The fraction of sp³-hybridized carbons (Fsp3) is 0.556. The summed E-state index contributed by atoms with van der Waals surface area (Å²) in [7, 11) is 0. The maximum absolute atomic E-state index is 12.4. The van der Waals surface area contributed by atoms with Crippen LogP contribution in [0.1, 0.15) is 12.1 Å². The van der Waals surface area contributed by atoms with Gasteiger partial charge in [0.1, 0.15) is 5.82 Å². The average molecular weight is 232 g/mol. The molecule has 0 bridgehead atoms. The molecule has 0 spiro atoms. The van der Waals surface area contributed by atoms with Gasteiger partial charge in [-0.1, -0.05) is 0 Å². The fourth-order valence-corrected chi connectivity index (χ4v) is 1.64. The lowest BCUT2D eigenvalue weighted by Crippen LogP contribution is -2.27. The lowest BCUT2D eigenvalue weighted by Gasteiger charge is -2.17. The molecule has 1 fully saturated rings. The maximum Gasteiger partial charge on any atom is 0.434 e. The molecule has 1 aliphatic heterocycles. The monoisotopic (exact) mass is 232 g/mol. The van der Waals surface area contributed by atoms with Crippen LogP contribution in [0.5, 0.6) is 0 Å². The number of alkyl halides is 3. The predicted molar refractivity (Wildman–Crippen MR) is 51.8 cm³/mol. The molecule has 2 N–H and O–H groups in total. The van der Waals surface area contributed by atoms with Gasteiger partial charge < -0.3 is 10.6 Å². The van der Waals surface area contributed by atoms with Gasteiger partial charge in [-0.15, -0.1) is 0 Å². The average Bonchev–Trinajstić information content (AvgIpc) is 2.64. The SMILES string of the molecule is N[C@@H]1CCN(c2cncc(C(F)(F)F)n2)C1. The van der Waals surface area contributed by atoms with Crippen molar-refractivity contribution in [2.45, 2.75) is 18.6 Å². The Morgan fingerprint density at radius 1 is 1.38 bits per heavy atom. The summed E-state index contributed by atoms with van der Waals surface area (Å²) in [5, 5.41) is 0. The highest BCUT2D eigenvalue weighted by Crippen LogP contribution is 2.28. The van der Waals surface area contributed by atoms with Crippen molar-refractivity contribution in [3.8, 4) is 0 Å². The minimum Gasteiger partial charge on any atom is -0.354 e. The molecule has 0 amide bonds. The van der Waals surface area contributed by atoms with Crippen LogP contribution in [0.2, 0.25) is 0 Å². The van der Waals surface area contributed by atoms with Crippen molar-refractivity contribution in [2.75, 3.05) is 18.0 Å². The van der Waals surface area contributed by atoms with Crippen molar-refractivity contribution in [1.29, 1.82) is 0 Å². The van der Waals surface area contributed by atoms with Crippen LogP contribution in [-0.2, 0) is 6.18 Å². The van der Waals surface area contributed by atoms with Gasteiger partial charge in [0, 0.05) is 19.1 Å². The highest BCUT2D eigenvalue weighted by Gasteiger charge is 2.34. The van der Waals surface area contributed by atoms with E-state index in [1.54, 1.807) is 4.90 Å². The predicted octanol–water partition coefficient (Wildman–Crippen LogP) is 1.03. The number of nitrogens with zero attached hydrogens (tertiary/aromatic N) is 3. The second-order valence-corrected chi connectivity index (χ2v) is 3.76. The molecule has 1 aromatic rings. The first kappa shape index (κ1) is 11.1. The Bertz CT molecular complexity index is 379. The van der Waals surface area contributed by atoms with E-state index in [-0.39, 0.29) is 11.9 Å². The lowest BCUT2D eigenvalue weighted by molar-refractivity contribution is -0.141. The van der Waals surface area contributed by atoms with Crippen LogP contribution in [0.4, 0.5) is 19.0 Å². The zero-order valence-corrected chi connectivity index (χ0v) is 8.41. The Morgan fingerprint density at radius 2 is 2.12 bits per heavy atom. The van der Waals surface area contributed by atoms with Crippen LogP contribution >= 0.6 is 0 Å². The molecule has 0 saturated carbocycles. The molecule has 1 aromatic heterocycles. The lowest BCUT2D eigenvalue weighted by atomic mass is 10.3. The van der Waals surface area contributed by atoms with Gasteiger partial charge in [0.15, 0.2) is 5.69 Å². The highest BCUT2D eigenvalue weighted by atomic mass is 19.4. The third-order valence-electron chi connectivity index (χ3n) is 2.46. The Balaban J connectivity index is 2.23. The molecular formula is C9H11F3N4. The third-order valence-corrected chi connectivity index (χ3v) is 2.46. The van der Waals surface area contributed by atoms with Gasteiger partial charge in [-0.3, -0.25) is 4.98 Å². The molecule has 16 heavy (non-hydrogen) atoms. The molecule has 0 unspecified atom stereocenters. The fourth-order valence-electron chi connectivity index (χ4n) is 1.64. The van der Waals surface area contributed by atoms with Gasteiger partial charge in [0.25, 0.3) is 0 Å². The van der Waals surface area contributed by atoms with Crippen molar-refractivity contribution in [3.05, 3.63) is 18.1 Å². The summed E-state index contributed by atoms with van der Waals surface area (Å²) < 4.78 is 37.2. The van der Waals surface area contributed by atoms with E-state index in [1.807, 2.05) is 0 Å². The molecule has 1 atom stereocenters. The number of rotatable bonds is 1. The molecule has 0 aliphatic carbocycles. The number of hydrogen-bond acceptors (Lipinski definition) is 4. The van der Waals surface area contributed by atoms with E-state index in [0.717, 1.165) is 12.6 Å². The Labute approximate surface area is 90.3 Å². The van der Waals surface area contributed by atoms with Crippen molar-refractivity contribution in [3.63, 3.8) is 0 Å². The summed E-state index contributed by atoms with van der Waals surface area (Å²) in [6.45, 7) is 1.15. The van der Waals surface area contributed by atoms with Crippen LogP contribution in [0.3, 0.4) is 0 Å². The van der Waals surface area contributed by atoms with Gasteiger partial charge in [0.05, 0.1) is 12.4 Å². The number of hydrogen-bond donors (Lipinski definition) is 1. The van der Waals surface area contributed by atoms with Crippen LogP contribution in [0.15, 0.2) is 12.4 Å². The smallest absolute Gasteiger partial charge is 0.354 e. The molecule has 88 valence electrons. The van der Waals surface area contributed by atoms with E-state index in [1.165, 1.54) is 6.20 Å². The van der Waals surface area contributed by atoms with E-state index >= 15 is 0 Å². The quantitative estimate of drug-likeness (QED) is 0.785. The molecule has 0 aromatic carbocycles. The normalized spacial score (nSPS) is 21.5. The van der Waals surface area contributed by atoms with E-state index in [9.17, 15) is 13.2 Å². The number of halogens is 3. The van der Waals surface area contributed by atoms with Crippen LogP contribution in [-0.4, -0.2) is 29.1 Å². The zero-order valence-electron chi connectivity index (χ0n) is 8.41. The van der Waals surface area contributed by atoms with E-state index in [2.05, 4.69) is 9.97 Å². The van der Waals surface area contributed by atoms with Crippen molar-refractivity contribution in [2.24, 2.45) is 5.73 Å². The van der Waals surface area contributed by atoms with Crippen molar-refractivity contribution >= 4 is 5.82 Å². The summed E-state index contributed by atoms with van der Waals surface area (Å²) in [6, 6.07) is -0.00339. The third kappa shape index (κ3) is 2.24. The van der Waals surface area contributed by atoms with Gasteiger partial charge in [0.2, 0.25) is 0 Å². The van der Waals surface area contributed by atoms with Crippen LogP contribution < -0.4 is 10.6 Å². The first-order valence-corrected chi connectivity index (χ1v) is 4.86. The van der Waals surface area contributed by atoms with Gasteiger partial charge in [-0.2, -0.15) is 13.2 Å². The largest absolute Gasteiger partial charge is 0.434 e. The maximum atomic E-state index is 12.4. The second-order valence-electron chi connectivity index (χ2n) is 3.76. The molecule has 2 rings (SSSR count). The molecule has 1 aliphatic rings. The van der Waals surface area contributed by atoms with Crippen LogP contribution in [0.25, 0.3) is 0 Å². The molecule has 7 heteroatoms. The number of aromatic nitrogens is 2. The molecular weight excluding hydrogens is 221 g/mol. The summed E-state index contributed by atoms with van der Waals surface area (Å²) in [6.07, 6.45) is -1.64. The van der Waals surface area contributed by atoms with E-state index in [4.69, 9.17) is 5.73 Å². The standard InChI is InChI=1S/C9H11F3N4/c10-9(11,12)7-3-14-4-8(15-7)16-2-1-6(13)5-16/h3-4,6H,1-2,5,13H2/t6-/m1/s1.